The largest absolute Gasteiger partial charge is 0.469 e. The van der Waals surface area contributed by atoms with Crippen LogP contribution in [0.4, 0.5) is 9.59 Å². The molecule has 17 heteroatoms. The number of esters is 2. The van der Waals surface area contributed by atoms with Crippen LogP contribution in [0.25, 0.3) is 0 Å². The van der Waals surface area contributed by atoms with Crippen LogP contribution in [-0.2, 0) is 37.4 Å². The van der Waals surface area contributed by atoms with E-state index in [2.05, 4.69) is 100 Å². The van der Waals surface area contributed by atoms with E-state index in [4.69, 9.17) is 23.1 Å². The van der Waals surface area contributed by atoms with E-state index in [1.165, 1.54) is 14.2 Å². The van der Waals surface area contributed by atoms with E-state index >= 15 is 0 Å². The Morgan fingerprint density at radius 3 is 1.35 bits per heavy atom. The Morgan fingerprint density at radius 1 is 0.636 bits per heavy atom. The van der Waals surface area contributed by atoms with E-state index in [-0.39, 0.29) is 67.2 Å². The molecule has 12 nitrogen and oxygen atoms in total. The molecule has 0 aromatic rings. The number of rotatable bonds is 16. The first kappa shape index (κ1) is 63.4. The fourth-order valence-electron chi connectivity index (χ4n) is 3.77. The van der Waals surface area contributed by atoms with Crippen LogP contribution < -0.4 is 5.32 Å². The molecule has 2 amide bonds. The second-order valence-electron chi connectivity index (χ2n) is 18.2. The van der Waals surface area contributed by atoms with Crippen LogP contribution in [-0.4, -0.2) is 108 Å². The molecule has 0 aromatic carbocycles. The molecule has 0 bridgehead atoms. The number of carbonyl (C=O) groups excluding carboxylic acids is 4. The zero-order valence-electron chi connectivity index (χ0n) is 38.2. The first-order valence-corrected chi connectivity index (χ1v) is 26.5. The Balaban J connectivity index is -0.000000280. The summed E-state index contributed by atoms with van der Waals surface area (Å²) in [5, 5.41) is 3.06. The second-order valence-corrected chi connectivity index (χ2v) is 27.8. The number of amides is 2. The molecule has 0 saturated carbocycles. The van der Waals surface area contributed by atoms with Gasteiger partial charge in [-0.15, -0.1) is 0 Å². The van der Waals surface area contributed by atoms with E-state index in [0.29, 0.717) is 51.7 Å². The van der Waals surface area contributed by atoms with Crippen LogP contribution >= 0.6 is 49.6 Å². The molecule has 0 aromatic heterocycles. The molecule has 0 fully saturated rings. The van der Waals surface area contributed by atoms with Crippen molar-refractivity contribution in [2.75, 3.05) is 39.4 Å². The number of alkyl halides is 1. The van der Waals surface area contributed by atoms with Crippen molar-refractivity contribution in [2.24, 2.45) is 0 Å². The van der Waals surface area contributed by atoms with Gasteiger partial charge in [-0.3, -0.25) is 9.59 Å². The average molecular weight is 975 g/mol. The number of nitrogens with zero attached hydrogens (tertiary/aromatic N) is 1. The smallest absolute Gasteiger partial charge is 0.410 e. The van der Waals surface area contributed by atoms with Crippen LogP contribution in [0.3, 0.4) is 0 Å². The lowest BCUT2D eigenvalue weighted by Gasteiger charge is -2.39. The van der Waals surface area contributed by atoms with Crippen LogP contribution in [0, 0.1) is 0 Å². The highest BCUT2D eigenvalue weighted by Crippen LogP contribution is 2.37. The summed E-state index contributed by atoms with van der Waals surface area (Å²) in [5.74, 6) is -0.490. The average Bonchev–Trinajstić information content (AvgIpc) is 2.99. The summed E-state index contributed by atoms with van der Waals surface area (Å²) in [5.41, 5.74) is -1.11. The molecule has 0 unspecified atom stereocenters. The van der Waals surface area contributed by atoms with E-state index < -0.39 is 33.9 Å². The van der Waals surface area contributed by atoms with Crippen molar-refractivity contribution in [2.45, 2.75) is 181 Å². The highest BCUT2D eigenvalue weighted by atomic mass is 127. The molecule has 2 atom stereocenters. The topological polar surface area (TPSA) is 139 Å². The maximum Gasteiger partial charge on any atom is 0.410 e. The molecular weight excluding hydrogens is 892 g/mol. The monoisotopic (exact) mass is 974 g/mol. The van der Waals surface area contributed by atoms with Crippen LogP contribution in [0.1, 0.15) is 122 Å². The van der Waals surface area contributed by atoms with Crippen molar-refractivity contribution < 1.29 is 47.0 Å². The fourth-order valence-corrected chi connectivity index (χ4v) is 5.86. The Hall–Kier alpha value is -0.736. The fraction of sp³-hybridized carbons (Fsp3) is 0.895. The third-order valence-corrected chi connectivity index (χ3v) is 18.2. The van der Waals surface area contributed by atoms with Crippen LogP contribution in [0.5, 0.6) is 0 Å². The summed E-state index contributed by atoms with van der Waals surface area (Å²) < 4.78 is 32.7. The van der Waals surface area contributed by atoms with Crippen LogP contribution in [0.15, 0.2) is 0 Å². The molecule has 1 N–H and O–H groups in total. The van der Waals surface area contributed by atoms with Gasteiger partial charge in [-0.05, 0) is 108 Å². The molecule has 332 valence electrons. The lowest BCUT2D eigenvalue weighted by molar-refractivity contribution is -0.141. The molecule has 0 aliphatic rings. The van der Waals surface area contributed by atoms with Gasteiger partial charge in [-0.25, -0.2) is 9.59 Å². The summed E-state index contributed by atoms with van der Waals surface area (Å²) in [6.07, 6.45) is 2.34. The number of alkyl carbamates (subject to hydrolysis) is 1. The van der Waals surface area contributed by atoms with Crippen molar-refractivity contribution in [1.82, 2.24) is 10.2 Å². The first-order chi connectivity index (χ1) is 23.8. The number of hydrogen-bond donors (Lipinski definition) is 1. The van der Waals surface area contributed by atoms with E-state index in [9.17, 15) is 19.2 Å². The van der Waals surface area contributed by atoms with Gasteiger partial charge < -0.3 is 38.0 Å². The molecular formula is C38H83IN2O10S2Si2. The third-order valence-electron chi connectivity index (χ3n) is 9.15. The first-order valence-electron chi connectivity index (χ1n) is 18.5. The van der Waals surface area contributed by atoms with E-state index in [1.807, 2.05) is 46.5 Å². The van der Waals surface area contributed by atoms with E-state index in [1.54, 1.807) is 11.9 Å². The highest BCUT2D eigenvalue weighted by molar-refractivity contribution is 14.1. The summed E-state index contributed by atoms with van der Waals surface area (Å²) in [7, 11) is 0.634. The van der Waals surface area contributed by atoms with Gasteiger partial charge in [-0.1, -0.05) is 64.1 Å². The summed E-state index contributed by atoms with van der Waals surface area (Å²) >= 11 is 2.15. The minimum atomic E-state index is -1.93. The van der Waals surface area contributed by atoms with Crippen molar-refractivity contribution in [3.05, 3.63) is 0 Å². The SMILES string of the molecule is CI.COC(=O)CCC[C@@H](CO[Si](C)(C)C(C)(C)C)N(C)C(=O)OC(C)(C)C.COC(=O)CCC[C@@H](CO[Si](C)(C)C(C)(C)C)NC(=O)OC(C)(C)C.S.S. The van der Waals surface area contributed by atoms with Gasteiger partial charge in [0.2, 0.25) is 0 Å². The number of halogens is 1. The maximum absolute atomic E-state index is 12.4. The number of nitrogens with one attached hydrogen (secondary N) is 1. The Bertz CT molecular complexity index is 1090. The quantitative estimate of drug-likeness (QED) is 0.0523. The zero-order chi connectivity index (χ0) is 42.6. The maximum atomic E-state index is 12.4. The number of carbonyl (C=O) groups is 4. The molecule has 0 rings (SSSR count). The Kier molecular flexibility index (Phi) is 33.0. The minimum absolute atomic E-state index is 0. The minimum Gasteiger partial charge on any atom is -0.469 e. The van der Waals surface area contributed by atoms with Crippen molar-refractivity contribution in [3.63, 3.8) is 0 Å². The van der Waals surface area contributed by atoms with Crippen molar-refractivity contribution in [1.29, 1.82) is 0 Å². The molecule has 55 heavy (non-hydrogen) atoms. The van der Waals surface area contributed by atoms with Gasteiger partial charge in [0.15, 0.2) is 16.6 Å². The van der Waals surface area contributed by atoms with E-state index in [0.717, 1.165) is 0 Å². The lowest BCUT2D eigenvalue weighted by atomic mass is 10.1. The number of likely N-dealkylation sites (N-methyl/N-ethyl adjacent to an activating group) is 1. The number of hydrogen-bond acceptors (Lipinski definition) is 10. The third kappa shape index (κ3) is 30.9. The second kappa shape index (κ2) is 28.6. The zero-order valence-corrected chi connectivity index (χ0v) is 44.4. The molecule has 0 radical (unpaired) electrons. The van der Waals surface area contributed by atoms with Gasteiger partial charge in [0.25, 0.3) is 0 Å². The molecule has 0 saturated heterocycles. The number of methoxy groups -OCH3 is 2. The number of ether oxygens (including phenoxy) is 4. The standard InChI is InChI=1S/C19H39NO5Si.C18H37NO5Si.CH3I.2H2S/c1-18(2,3)25-17(22)20(7)15(12-11-13-16(21)23-8)14-24-26(9,10)19(4,5)6;1-17(2,3)24-16(21)19-14(11-10-12-15(20)22-7)13-23-25(8,9)18(4,5)6;1-2;;/h15H,11-14H2,1-10H3;14H,10-13H2,1-9H3,(H,19,21);1H3;2*1H2/t15-;14-;;;/m00.../s1. The molecule has 0 spiro atoms. The normalized spacial score (nSPS) is 13.0. The molecule has 0 heterocycles. The highest BCUT2D eigenvalue weighted by Gasteiger charge is 2.39. The predicted molar refractivity (Wildman–Crippen MR) is 250 cm³/mol. The van der Waals surface area contributed by atoms with Gasteiger partial charge in [-0.2, -0.15) is 27.0 Å². The Labute approximate surface area is 366 Å². The molecule has 0 aliphatic carbocycles. The summed E-state index contributed by atoms with van der Waals surface area (Å²) in [6.45, 7) is 33.6. The van der Waals surface area contributed by atoms with Gasteiger partial charge in [0.1, 0.15) is 11.2 Å². The van der Waals surface area contributed by atoms with Crippen molar-refractivity contribution in [3.8, 4) is 0 Å². The summed E-state index contributed by atoms with van der Waals surface area (Å²) in [4.78, 5) is 50.8. The predicted octanol–water partition coefficient (Wildman–Crippen LogP) is 10.1. The van der Waals surface area contributed by atoms with Gasteiger partial charge >= 0.3 is 24.1 Å². The van der Waals surface area contributed by atoms with Gasteiger partial charge in [0, 0.05) is 19.9 Å². The van der Waals surface area contributed by atoms with Crippen LogP contribution in [0.2, 0.25) is 36.3 Å². The molecule has 0 aliphatic heterocycles. The van der Waals surface area contributed by atoms with Gasteiger partial charge in [0.05, 0.1) is 39.5 Å². The Morgan fingerprint density at radius 2 is 1.00 bits per heavy atom. The van der Waals surface area contributed by atoms with Crippen molar-refractivity contribution >= 4 is 90.3 Å². The summed E-state index contributed by atoms with van der Waals surface area (Å²) in [6, 6.07) is -0.350. The lowest BCUT2D eigenvalue weighted by Crippen LogP contribution is -2.47.